The van der Waals surface area contributed by atoms with Gasteiger partial charge < -0.3 is 10.2 Å². The molecule has 0 radical (unpaired) electrons. The van der Waals surface area contributed by atoms with Crippen LogP contribution < -0.4 is 10.2 Å². The molecule has 0 unspecified atom stereocenters. The van der Waals surface area contributed by atoms with Gasteiger partial charge in [0.15, 0.2) is 0 Å². The maximum atomic E-state index is 4.79. The molecule has 2 heterocycles. The summed E-state index contributed by atoms with van der Waals surface area (Å²) >= 11 is 1.74. The predicted molar refractivity (Wildman–Crippen MR) is 104 cm³/mol. The number of nitrogens with one attached hydrogen (secondary N) is 1. The van der Waals surface area contributed by atoms with Crippen LogP contribution in [0.5, 0.6) is 0 Å². The smallest absolute Gasteiger partial charge is 0.229 e. The van der Waals surface area contributed by atoms with Crippen molar-refractivity contribution in [2.75, 3.05) is 29.6 Å². The van der Waals surface area contributed by atoms with E-state index in [9.17, 15) is 0 Å². The highest BCUT2D eigenvalue weighted by Gasteiger charge is 2.14. The minimum absolute atomic E-state index is 0.708. The van der Waals surface area contributed by atoms with E-state index in [0.717, 1.165) is 43.1 Å². The molecule has 2 aromatic rings. The first-order chi connectivity index (χ1) is 11.8. The van der Waals surface area contributed by atoms with Crippen LogP contribution in [0.15, 0.2) is 35.2 Å². The number of nitrogens with zero attached hydrogens (tertiary/aromatic N) is 3. The van der Waals surface area contributed by atoms with Crippen LogP contribution in [-0.2, 0) is 6.42 Å². The predicted octanol–water partition coefficient (Wildman–Crippen LogP) is 4.88. The summed E-state index contributed by atoms with van der Waals surface area (Å²) in [6.07, 6.45) is 8.01. The Bertz CT molecular complexity index is 668. The molecule has 1 N–H and O–H groups in total. The van der Waals surface area contributed by atoms with E-state index >= 15 is 0 Å². The van der Waals surface area contributed by atoms with Gasteiger partial charge in [-0.2, -0.15) is 4.98 Å². The molecule has 4 nitrogen and oxygen atoms in total. The van der Waals surface area contributed by atoms with Gasteiger partial charge in [0.1, 0.15) is 5.82 Å². The zero-order valence-corrected chi connectivity index (χ0v) is 15.4. The molecule has 0 spiro atoms. The lowest BCUT2D eigenvalue weighted by Crippen LogP contribution is -2.30. The van der Waals surface area contributed by atoms with E-state index in [4.69, 9.17) is 9.97 Å². The van der Waals surface area contributed by atoms with Gasteiger partial charge in [-0.05, 0) is 50.1 Å². The van der Waals surface area contributed by atoms with Crippen LogP contribution in [0.3, 0.4) is 0 Å². The normalized spacial score (nSPS) is 14.7. The minimum Gasteiger partial charge on any atom is -0.356 e. The van der Waals surface area contributed by atoms with Crippen LogP contribution in [-0.4, -0.2) is 29.3 Å². The van der Waals surface area contributed by atoms with E-state index in [0.29, 0.717) is 5.95 Å². The number of piperidine rings is 1. The Morgan fingerprint density at radius 3 is 2.71 bits per heavy atom. The molecule has 0 bridgehead atoms. The Labute approximate surface area is 149 Å². The van der Waals surface area contributed by atoms with Crippen LogP contribution in [0.2, 0.25) is 0 Å². The molecule has 5 heteroatoms. The average Bonchev–Trinajstić information content (AvgIpc) is 2.63. The van der Waals surface area contributed by atoms with E-state index in [1.165, 1.54) is 24.2 Å². The van der Waals surface area contributed by atoms with Gasteiger partial charge in [0.05, 0.1) is 0 Å². The first kappa shape index (κ1) is 17.1. The van der Waals surface area contributed by atoms with Crippen molar-refractivity contribution in [1.82, 2.24) is 9.97 Å². The molecule has 0 aliphatic carbocycles. The fourth-order valence-corrected chi connectivity index (χ4v) is 3.50. The van der Waals surface area contributed by atoms with Gasteiger partial charge in [-0.1, -0.05) is 19.4 Å². The first-order valence-electron chi connectivity index (χ1n) is 8.82. The van der Waals surface area contributed by atoms with Gasteiger partial charge in [-0.25, -0.2) is 4.98 Å². The van der Waals surface area contributed by atoms with Crippen molar-refractivity contribution in [1.29, 1.82) is 0 Å². The summed E-state index contributed by atoms with van der Waals surface area (Å²) in [6, 6.07) is 10.6. The van der Waals surface area contributed by atoms with Gasteiger partial charge in [0.25, 0.3) is 0 Å². The van der Waals surface area contributed by atoms with Gasteiger partial charge in [0, 0.05) is 35.4 Å². The molecule has 0 saturated carbocycles. The van der Waals surface area contributed by atoms with Crippen molar-refractivity contribution in [2.24, 2.45) is 0 Å². The van der Waals surface area contributed by atoms with E-state index in [2.05, 4.69) is 53.7 Å². The zero-order valence-electron chi connectivity index (χ0n) is 14.6. The van der Waals surface area contributed by atoms with Gasteiger partial charge in [0.2, 0.25) is 5.95 Å². The number of thioether (sulfide) groups is 1. The van der Waals surface area contributed by atoms with Crippen LogP contribution in [0.1, 0.15) is 38.3 Å². The Kier molecular flexibility index (Phi) is 5.96. The lowest BCUT2D eigenvalue weighted by molar-refractivity contribution is 0.573. The fourth-order valence-electron chi connectivity index (χ4n) is 3.04. The molecule has 1 aromatic carbocycles. The Morgan fingerprint density at radius 1 is 1.12 bits per heavy atom. The number of rotatable bonds is 6. The maximum absolute atomic E-state index is 4.79. The molecule has 0 amide bonds. The average molecular weight is 343 g/mol. The minimum atomic E-state index is 0.708. The highest BCUT2D eigenvalue weighted by molar-refractivity contribution is 7.98. The lowest BCUT2D eigenvalue weighted by atomic mass is 10.1. The number of benzene rings is 1. The van der Waals surface area contributed by atoms with Crippen molar-refractivity contribution in [3.8, 4) is 0 Å². The summed E-state index contributed by atoms with van der Waals surface area (Å²) in [6.45, 7) is 4.39. The highest BCUT2D eigenvalue weighted by atomic mass is 32.2. The Balaban J connectivity index is 1.86. The Hall–Kier alpha value is -1.75. The van der Waals surface area contributed by atoms with E-state index in [1.54, 1.807) is 11.8 Å². The monoisotopic (exact) mass is 342 g/mol. The molecule has 1 aliphatic rings. The van der Waals surface area contributed by atoms with Crippen molar-refractivity contribution in [2.45, 2.75) is 43.9 Å². The van der Waals surface area contributed by atoms with Crippen LogP contribution in [0.4, 0.5) is 17.5 Å². The van der Waals surface area contributed by atoms with E-state index in [1.807, 2.05) is 0 Å². The third-order valence-corrected chi connectivity index (χ3v) is 5.00. The quantitative estimate of drug-likeness (QED) is 0.757. The largest absolute Gasteiger partial charge is 0.356 e. The molecular formula is C19H26N4S. The van der Waals surface area contributed by atoms with E-state index in [-0.39, 0.29) is 0 Å². The standard InChI is InChI=1S/C19H26N4S/c1-3-8-15-14-18(23-11-5-4-6-12-23)22-19(20-15)21-16-9-7-10-17(13-16)24-2/h7,9-10,13-14H,3-6,8,11-12H2,1-2H3,(H,20,21,22). The molecule has 1 fully saturated rings. The van der Waals surface area contributed by atoms with Gasteiger partial charge in [-0.3, -0.25) is 0 Å². The first-order valence-corrected chi connectivity index (χ1v) is 10.0. The molecule has 24 heavy (non-hydrogen) atoms. The lowest BCUT2D eigenvalue weighted by Gasteiger charge is -2.28. The summed E-state index contributed by atoms with van der Waals surface area (Å²) in [7, 11) is 0. The molecule has 3 rings (SSSR count). The molecule has 1 aromatic heterocycles. The van der Waals surface area contributed by atoms with Gasteiger partial charge in [-0.15, -0.1) is 11.8 Å². The number of aromatic nitrogens is 2. The fraction of sp³-hybridized carbons (Fsp3) is 0.474. The van der Waals surface area contributed by atoms with Crippen LogP contribution in [0.25, 0.3) is 0 Å². The number of aryl methyl sites for hydroxylation is 1. The summed E-state index contributed by atoms with van der Waals surface area (Å²) in [5, 5.41) is 3.39. The maximum Gasteiger partial charge on any atom is 0.229 e. The second kappa shape index (κ2) is 8.38. The molecule has 1 aliphatic heterocycles. The third-order valence-electron chi connectivity index (χ3n) is 4.28. The molecule has 128 valence electrons. The Morgan fingerprint density at radius 2 is 1.96 bits per heavy atom. The number of anilines is 3. The summed E-state index contributed by atoms with van der Waals surface area (Å²) in [5.74, 6) is 1.77. The van der Waals surface area contributed by atoms with Gasteiger partial charge >= 0.3 is 0 Å². The second-order valence-electron chi connectivity index (χ2n) is 6.20. The molecule has 0 atom stereocenters. The third kappa shape index (κ3) is 4.41. The highest BCUT2D eigenvalue weighted by Crippen LogP contribution is 2.24. The molecule has 1 saturated heterocycles. The summed E-state index contributed by atoms with van der Waals surface area (Å²) in [5.41, 5.74) is 2.16. The van der Waals surface area contributed by atoms with E-state index < -0.39 is 0 Å². The van der Waals surface area contributed by atoms with Crippen molar-refractivity contribution in [3.63, 3.8) is 0 Å². The SMILES string of the molecule is CCCc1cc(N2CCCCC2)nc(Nc2cccc(SC)c2)n1. The zero-order chi connectivity index (χ0) is 16.8. The van der Waals surface area contributed by atoms with Crippen molar-refractivity contribution >= 4 is 29.2 Å². The van der Waals surface area contributed by atoms with Crippen LogP contribution in [0, 0.1) is 0 Å². The molecular weight excluding hydrogens is 316 g/mol. The van der Waals surface area contributed by atoms with Crippen molar-refractivity contribution in [3.05, 3.63) is 36.0 Å². The van der Waals surface area contributed by atoms with Crippen molar-refractivity contribution < 1.29 is 0 Å². The second-order valence-corrected chi connectivity index (χ2v) is 7.08. The van der Waals surface area contributed by atoms with Crippen LogP contribution >= 0.6 is 11.8 Å². The number of hydrogen-bond donors (Lipinski definition) is 1. The summed E-state index contributed by atoms with van der Waals surface area (Å²) in [4.78, 5) is 13.1. The topological polar surface area (TPSA) is 41.1 Å². The summed E-state index contributed by atoms with van der Waals surface area (Å²) < 4.78 is 0. The number of hydrogen-bond acceptors (Lipinski definition) is 5.